The van der Waals surface area contributed by atoms with Gasteiger partial charge in [0.25, 0.3) is 0 Å². The number of anilines is 2. The molecule has 0 heterocycles. The second-order valence-electron chi connectivity index (χ2n) is 3.82. The van der Waals surface area contributed by atoms with Crippen molar-refractivity contribution < 1.29 is 4.39 Å². The first-order valence-electron chi connectivity index (χ1n) is 5.29. The van der Waals surface area contributed by atoms with Gasteiger partial charge in [0.1, 0.15) is 5.82 Å². The maximum atomic E-state index is 13.5. The first-order valence-corrected chi connectivity index (χ1v) is 6.46. The smallest absolute Gasteiger partial charge is 0.128 e. The fraction of sp³-hybridized carbons (Fsp3) is 0.0769. The summed E-state index contributed by atoms with van der Waals surface area (Å²) in [6, 6.07) is 9.97. The van der Waals surface area contributed by atoms with Crippen LogP contribution in [0.25, 0.3) is 0 Å². The lowest BCUT2D eigenvalue weighted by atomic mass is 10.2. The minimum atomic E-state index is -0.252. The Morgan fingerprint density at radius 2 is 2.00 bits per heavy atom. The van der Waals surface area contributed by atoms with Crippen LogP contribution in [0.3, 0.4) is 0 Å². The Hall–Kier alpha value is -1.26. The Morgan fingerprint density at radius 3 is 2.72 bits per heavy atom. The molecule has 0 amide bonds. The lowest BCUT2D eigenvalue weighted by molar-refractivity contribution is 0.612. The highest BCUT2D eigenvalue weighted by atomic mass is 79.9. The molecular formula is C13H11BrClFN2. The zero-order chi connectivity index (χ0) is 13.1. The number of nitrogens with two attached hydrogens (primary N) is 1. The third-order valence-corrected chi connectivity index (χ3v) is 3.22. The molecule has 0 radical (unpaired) electrons. The summed E-state index contributed by atoms with van der Waals surface area (Å²) in [5.41, 5.74) is 7.65. The maximum Gasteiger partial charge on any atom is 0.128 e. The molecule has 3 N–H and O–H groups in total. The highest BCUT2D eigenvalue weighted by Gasteiger charge is 2.04. The van der Waals surface area contributed by atoms with Gasteiger partial charge in [0, 0.05) is 21.6 Å². The molecule has 2 aromatic rings. The molecule has 2 nitrogen and oxygen atoms in total. The summed E-state index contributed by atoms with van der Waals surface area (Å²) in [4.78, 5) is 0. The van der Waals surface area contributed by atoms with E-state index in [1.54, 1.807) is 30.3 Å². The summed E-state index contributed by atoms with van der Waals surface area (Å²) >= 11 is 9.12. The van der Waals surface area contributed by atoms with Crippen LogP contribution >= 0.6 is 27.5 Å². The van der Waals surface area contributed by atoms with E-state index in [9.17, 15) is 4.39 Å². The molecule has 18 heavy (non-hydrogen) atoms. The molecule has 0 unspecified atom stereocenters. The molecule has 0 aliphatic heterocycles. The molecule has 0 aliphatic carbocycles. The fourth-order valence-electron chi connectivity index (χ4n) is 1.56. The number of nitrogens with one attached hydrogen (secondary N) is 1. The van der Waals surface area contributed by atoms with Crippen LogP contribution in [-0.4, -0.2) is 0 Å². The number of hydrogen-bond acceptors (Lipinski definition) is 2. The average molecular weight is 330 g/mol. The normalized spacial score (nSPS) is 10.4. The van der Waals surface area contributed by atoms with E-state index in [0.717, 1.165) is 10.2 Å². The van der Waals surface area contributed by atoms with Crippen molar-refractivity contribution in [3.63, 3.8) is 0 Å². The van der Waals surface area contributed by atoms with E-state index in [1.165, 1.54) is 6.07 Å². The minimum Gasteiger partial charge on any atom is -0.397 e. The van der Waals surface area contributed by atoms with Gasteiger partial charge in [-0.2, -0.15) is 0 Å². The molecule has 0 aromatic heterocycles. The van der Waals surface area contributed by atoms with E-state index >= 15 is 0 Å². The van der Waals surface area contributed by atoms with E-state index < -0.39 is 0 Å². The molecule has 0 spiro atoms. The summed E-state index contributed by atoms with van der Waals surface area (Å²) in [6.07, 6.45) is 0. The van der Waals surface area contributed by atoms with Gasteiger partial charge in [-0.05, 0) is 36.4 Å². The second kappa shape index (κ2) is 5.59. The lowest BCUT2D eigenvalue weighted by Gasteiger charge is -2.10. The van der Waals surface area contributed by atoms with Gasteiger partial charge in [-0.1, -0.05) is 27.5 Å². The lowest BCUT2D eigenvalue weighted by Crippen LogP contribution is -2.04. The van der Waals surface area contributed by atoms with E-state index in [4.69, 9.17) is 17.3 Å². The quantitative estimate of drug-likeness (QED) is 0.817. The Kier molecular flexibility index (Phi) is 4.09. The summed E-state index contributed by atoms with van der Waals surface area (Å²) in [5.74, 6) is -0.252. The molecule has 0 bridgehead atoms. The van der Waals surface area contributed by atoms with Crippen molar-refractivity contribution in [2.75, 3.05) is 11.1 Å². The van der Waals surface area contributed by atoms with Crippen LogP contribution in [-0.2, 0) is 6.54 Å². The predicted molar refractivity (Wildman–Crippen MR) is 77.3 cm³/mol. The molecule has 0 aliphatic rings. The summed E-state index contributed by atoms with van der Waals surface area (Å²) in [5, 5.41) is 3.66. The van der Waals surface area contributed by atoms with Crippen molar-refractivity contribution in [2.45, 2.75) is 6.54 Å². The van der Waals surface area contributed by atoms with Crippen LogP contribution in [0.5, 0.6) is 0 Å². The monoisotopic (exact) mass is 328 g/mol. The largest absolute Gasteiger partial charge is 0.397 e. The molecule has 0 saturated carbocycles. The molecular weight excluding hydrogens is 319 g/mol. The van der Waals surface area contributed by atoms with E-state index in [-0.39, 0.29) is 5.82 Å². The van der Waals surface area contributed by atoms with Gasteiger partial charge >= 0.3 is 0 Å². The molecule has 2 rings (SSSR count). The van der Waals surface area contributed by atoms with Crippen LogP contribution in [0.1, 0.15) is 5.56 Å². The standard InChI is InChI=1S/C13H11BrClFN2/c14-9-1-3-11(16)8(5-9)7-18-13-4-2-10(15)6-12(13)17/h1-6,18H,7,17H2. The van der Waals surface area contributed by atoms with Crippen molar-refractivity contribution in [3.8, 4) is 0 Å². The number of rotatable bonds is 3. The second-order valence-corrected chi connectivity index (χ2v) is 5.17. The Bertz CT molecular complexity index is 575. The van der Waals surface area contributed by atoms with Crippen molar-refractivity contribution in [1.29, 1.82) is 0 Å². The highest BCUT2D eigenvalue weighted by Crippen LogP contribution is 2.24. The molecule has 94 valence electrons. The number of halogens is 3. The minimum absolute atomic E-state index is 0.252. The third kappa shape index (κ3) is 3.15. The molecule has 0 saturated heterocycles. The van der Waals surface area contributed by atoms with Crippen LogP contribution < -0.4 is 11.1 Å². The number of benzene rings is 2. The Labute approximate surface area is 118 Å². The molecule has 0 atom stereocenters. The number of hydrogen-bond donors (Lipinski definition) is 2. The van der Waals surface area contributed by atoms with Gasteiger partial charge in [0.2, 0.25) is 0 Å². The van der Waals surface area contributed by atoms with Crippen molar-refractivity contribution in [1.82, 2.24) is 0 Å². The van der Waals surface area contributed by atoms with E-state index in [1.807, 2.05) is 0 Å². The van der Waals surface area contributed by atoms with Gasteiger partial charge in [-0.15, -0.1) is 0 Å². The van der Waals surface area contributed by atoms with Crippen molar-refractivity contribution in [3.05, 3.63) is 57.3 Å². The van der Waals surface area contributed by atoms with Gasteiger partial charge in [0.15, 0.2) is 0 Å². The van der Waals surface area contributed by atoms with E-state index in [0.29, 0.717) is 22.8 Å². The topological polar surface area (TPSA) is 38.0 Å². The highest BCUT2D eigenvalue weighted by molar-refractivity contribution is 9.10. The van der Waals surface area contributed by atoms with E-state index in [2.05, 4.69) is 21.2 Å². The summed E-state index contributed by atoms with van der Waals surface area (Å²) in [7, 11) is 0. The van der Waals surface area contributed by atoms with Crippen molar-refractivity contribution in [2.24, 2.45) is 0 Å². The van der Waals surface area contributed by atoms with Crippen molar-refractivity contribution >= 4 is 38.9 Å². The van der Waals surface area contributed by atoms with Crippen LogP contribution in [0.4, 0.5) is 15.8 Å². The van der Waals surface area contributed by atoms with Crippen LogP contribution in [0.2, 0.25) is 5.02 Å². The summed E-state index contributed by atoms with van der Waals surface area (Å²) in [6.45, 7) is 0.358. The average Bonchev–Trinajstić information content (AvgIpc) is 2.32. The van der Waals surface area contributed by atoms with Gasteiger partial charge in [-0.25, -0.2) is 4.39 Å². The SMILES string of the molecule is Nc1cc(Cl)ccc1NCc1cc(Br)ccc1F. The Balaban J connectivity index is 2.13. The van der Waals surface area contributed by atoms with Crippen LogP contribution in [0, 0.1) is 5.82 Å². The zero-order valence-corrected chi connectivity index (χ0v) is 11.7. The van der Waals surface area contributed by atoms with Gasteiger partial charge in [0.05, 0.1) is 11.4 Å². The predicted octanol–water partition coefficient (Wildman–Crippen LogP) is 4.44. The molecule has 5 heteroatoms. The summed E-state index contributed by atoms with van der Waals surface area (Å²) < 4.78 is 14.4. The zero-order valence-electron chi connectivity index (χ0n) is 9.38. The maximum absolute atomic E-state index is 13.5. The number of nitrogen functional groups attached to an aromatic ring is 1. The molecule has 0 fully saturated rings. The first-order chi connectivity index (χ1) is 8.56. The van der Waals surface area contributed by atoms with Gasteiger partial charge in [-0.3, -0.25) is 0 Å². The van der Waals surface area contributed by atoms with Gasteiger partial charge < -0.3 is 11.1 Å². The fourth-order valence-corrected chi connectivity index (χ4v) is 2.15. The van der Waals surface area contributed by atoms with Crippen LogP contribution in [0.15, 0.2) is 40.9 Å². The third-order valence-electron chi connectivity index (χ3n) is 2.49. The first kappa shape index (κ1) is 13.2. The molecule has 2 aromatic carbocycles. The Morgan fingerprint density at radius 1 is 1.22 bits per heavy atom.